The molecule has 0 bridgehead atoms. The Hall–Kier alpha value is -0.390. The van der Waals surface area contributed by atoms with Crippen LogP contribution in [0.1, 0.15) is 25.8 Å². The Kier molecular flexibility index (Phi) is 4.38. The van der Waals surface area contributed by atoms with E-state index in [9.17, 15) is 8.42 Å². The minimum absolute atomic E-state index is 0.398. The second-order valence-electron chi connectivity index (χ2n) is 5.68. The van der Waals surface area contributed by atoms with Crippen molar-refractivity contribution in [2.75, 3.05) is 13.1 Å². The van der Waals surface area contributed by atoms with Crippen LogP contribution >= 0.6 is 15.9 Å². The summed E-state index contributed by atoms with van der Waals surface area (Å²) in [6.07, 6.45) is 1.10. The van der Waals surface area contributed by atoms with Gasteiger partial charge in [0.05, 0.1) is 4.90 Å². The highest BCUT2D eigenvalue weighted by molar-refractivity contribution is 9.10. The summed E-state index contributed by atoms with van der Waals surface area (Å²) in [6, 6.07) is 5.22. The van der Waals surface area contributed by atoms with E-state index in [1.807, 2.05) is 6.92 Å². The smallest absolute Gasteiger partial charge is 0.207 e. The molecule has 1 aromatic rings. The lowest BCUT2D eigenvalue weighted by molar-refractivity contribution is 0.222. The molecule has 0 unspecified atom stereocenters. The maximum Gasteiger partial charge on any atom is 0.243 e. The Morgan fingerprint density at radius 1 is 1.21 bits per heavy atom. The van der Waals surface area contributed by atoms with Crippen LogP contribution in [0.5, 0.6) is 0 Å². The first-order chi connectivity index (χ1) is 8.80. The maximum atomic E-state index is 12.7. The molecule has 3 nitrogen and oxygen atoms in total. The largest absolute Gasteiger partial charge is 0.243 e. The van der Waals surface area contributed by atoms with Crippen molar-refractivity contribution in [3.05, 3.63) is 28.2 Å². The van der Waals surface area contributed by atoms with Gasteiger partial charge in [-0.3, -0.25) is 0 Å². The predicted molar refractivity (Wildman–Crippen MR) is 80.6 cm³/mol. The van der Waals surface area contributed by atoms with Gasteiger partial charge in [-0.1, -0.05) is 29.8 Å². The van der Waals surface area contributed by atoms with Gasteiger partial charge in [0.25, 0.3) is 0 Å². The average Bonchev–Trinajstić information content (AvgIpc) is 2.31. The van der Waals surface area contributed by atoms with E-state index in [1.54, 1.807) is 22.5 Å². The number of benzene rings is 1. The van der Waals surface area contributed by atoms with Gasteiger partial charge in [0.2, 0.25) is 10.0 Å². The highest BCUT2D eigenvalue weighted by atomic mass is 79.9. The quantitative estimate of drug-likeness (QED) is 0.823. The third-order valence-corrected chi connectivity index (χ3v) is 6.32. The minimum Gasteiger partial charge on any atom is -0.207 e. The molecule has 2 rings (SSSR count). The van der Waals surface area contributed by atoms with Crippen LogP contribution in [0.25, 0.3) is 0 Å². The van der Waals surface area contributed by atoms with Gasteiger partial charge in [-0.2, -0.15) is 4.31 Å². The van der Waals surface area contributed by atoms with Gasteiger partial charge in [-0.15, -0.1) is 0 Å². The maximum absolute atomic E-state index is 12.7. The fourth-order valence-corrected chi connectivity index (χ4v) is 4.74. The van der Waals surface area contributed by atoms with Gasteiger partial charge >= 0.3 is 0 Å². The third kappa shape index (κ3) is 3.20. The number of hydrogen-bond donors (Lipinski definition) is 0. The molecule has 5 heteroatoms. The van der Waals surface area contributed by atoms with E-state index < -0.39 is 10.0 Å². The molecule has 0 aliphatic carbocycles. The van der Waals surface area contributed by atoms with E-state index in [0.717, 1.165) is 16.5 Å². The summed E-state index contributed by atoms with van der Waals surface area (Å²) in [4.78, 5) is 0.398. The Bertz CT molecular complexity index is 561. The molecule has 1 heterocycles. The topological polar surface area (TPSA) is 37.4 Å². The van der Waals surface area contributed by atoms with Crippen molar-refractivity contribution in [3.63, 3.8) is 0 Å². The second-order valence-corrected chi connectivity index (χ2v) is 8.47. The average molecular weight is 346 g/mol. The molecule has 106 valence electrons. The summed E-state index contributed by atoms with van der Waals surface area (Å²) in [5.74, 6) is 0.852. The molecule has 0 saturated carbocycles. The summed E-state index contributed by atoms with van der Waals surface area (Å²) < 4.78 is 27.9. The van der Waals surface area contributed by atoms with Gasteiger partial charge in [0.15, 0.2) is 0 Å². The minimum atomic E-state index is -3.35. The van der Waals surface area contributed by atoms with Gasteiger partial charge in [-0.25, -0.2) is 8.42 Å². The van der Waals surface area contributed by atoms with Crippen molar-refractivity contribution in [3.8, 4) is 0 Å². The van der Waals surface area contributed by atoms with Crippen molar-refractivity contribution < 1.29 is 8.42 Å². The lowest BCUT2D eigenvalue weighted by Gasteiger charge is -2.34. The number of rotatable bonds is 2. The van der Waals surface area contributed by atoms with Crippen molar-refractivity contribution in [1.82, 2.24) is 4.31 Å². The van der Waals surface area contributed by atoms with E-state index in [4.69, 9.17) is 0 Å². The van der Waals surface area contributed by atoms with E-state index >= 15 is 0 Å². The molecular weight excluding hydrogens is 326 g/mol. The monoisotopic (exact) mass is 345 g/mol. The first-order valence-corrected chi connectivity index (χ1v) is 8.80. The first-order valence-electron chi connectivity index (χ1n) is 6.57. The normalized spacial score (nSPS) is 25.5. The molecule has 1 fully saturated rings. The Labute approximate surface area is 124 Å². The number of aryl methyl sites for hydroxylation is 1. The van der Waals surface area contributed by atoms with Crippen molar-refractivity contribution in [2.45, 2.75) is 32.1 Å². The lowest BCUT2D eigenvalue weighted by atomic mass is 9.94. The zero-order chi connectivity index (χ0) is 14.2. The van der Waals surface area contributed by atoms with Gasteiger partial charge in [0.1, 0.15) is 0 Å². The molecule has 1 saturated heterocycles. The van der Waals surface area contributed by atoms with Crippen LogP contribution in [-0.2, 0) is 10.0 Å². The molecule has 1 aliphatic rings. The fourth-order valence-electron chi connectivity index (χ4n) is 2.73. The van der Waals surface area contributed by atoms with Crippen LogP contribution in [-0.4, -0.2) is 25.8 Å². The molecular formula is C14H20BrNO2S. The molecule has 0 N–H and O–H groups in total. The highest BCUT2D eigenvalue weighted by Crippen LogP contribution is 2.28. The summed E-state index contributed by atoms with van der Waals surface area (Å²) in [7, 11) is -3.35. The molecule has 0 spiro atoms. The van der Waals surface area contributed by atoms with Crippen LogP contribution in [0.15, 0.2) is 27.6 Å². The molecule has 0 radical (unpaired) electrons. The second kappa shape index (κ2) is 5.54. The van der Waals surface area contributed by atoms with Gasteiger partial charge in [0, 0.05) is 17.6 Å². The van der Waals surface area contributed by atoms with Gasteiger partial charge < -0.3 is 0 Å². The summed E-state index contributed by atoms with van der Waals surface area (Å²) in [6.45, 7) is 7.39. The van der Waals surface area contributed by atoms with E-state index in [1.165, 1.54) is 0 Å². The van der Waals surface area contributed by atoms with Crippen LogP contribution in [0.4, 0.5) is 0 Å². The van der Waals surface area contributed by atoms with Crippen LogP contribution in [0.3, 0.4) is 0 Å². The molecule has 19 heavy (non-hydrogen) atoms. The first kappa shape index (κ1) is 15.0. The zero-order valence-electron chi connectivity index (χ0n) is 11.6. The number of halogens is 1. The van der Waals surface area contributed by atoms with Crippen LogP contribution in [0.2, 0.25) is 0 Å². The van der Waals surface area contributed by atoms with Crippen LogP contribution in [0, 0.1) is 18.8 Å². The van der Waals surface area contributed by atoms with Crippen LogP contribution < -0.4 is 0 Å². The Balaban J connectivity index is 2.33. The number of piperidine rings is 1. The van der Waals surface area contributed by atoms with Crippen molar-refractivity contribution >= 4 is 26.0 Å². The summed E-state index contributed by atoms with van der Waals surface area (Å²) in [5.41, 5.74) is 0.944. The Morgan fingerprint density at radius 2 is 1.79 bits per heavy atom. The molecule has 1 aromatic carbocycles. The molecule has 1 aliphatic heterocycles. The predicted octanol–water partition coefficient (Wildman–Crippen LogP) is 3.42. The van der Waals surface area contributed by atoms with Crippen molar-refractivity contribution in [1.29, 1.82) is 0 Å². The molecule has 0 amide bonds. The third-order valence-electron chi connectivity index (χ3n) is 3.60. The van der Waals surface area contributed by atoms with Gasteiger partial charge in [-0.05, 0) is 48.9 Å². The summed E-state index contributed by atoms with van der Waals surface area (Å²) >= 11 is 3.40. The van der Waals surface area contributed by atoms with Crippen molar-refractivity contribution in [2.24, 2.45) is 11.8 Å². The summed E-state index contributed by atoms with van der Waals surface area (Å²) in [5, 5.41) is 0. The fraction of sp³-hybridized carbons (Fsp3) is 0.571. The number of nitrogens with zero attached hydrogens (tertiary/aromatic N) is 1. The number of hydrogen-bond acceptors (Lipinski definition) is 2. The number of sulfonamides is 1. The van der Waals surface area contributed by atoms with E-state index in [-0.39, 0.29) is 0 Å². The Morgan fingerprint density at radius 3 is 2.32 bits per heavy atom. The standard InChI is InChI=1S/C14H20BrNO2S/c1-10-6-11(2)9-16(8-10)19(17,18)13-4-5-14(15)12(3)7-13/h4-5,7,10-11H,6,8-9H2,1-3H3/t10-,11-/m1/s1. The lowest BCUT2D eigenvalue weighted by Crippen LogP contribution is -2.42. The SMILES string of the molecule is Cc1cc(S(=O)(=O)N2C[C@H](C)C[C@@H](C)C2)ccc1Br. The van der Waals surface area contributed by atoms with E-state index in [0.29, 0.717) is 29.8 Å². The highest BCUT2D eigenvalue weighted by Gasteiger charge is 2.31. The molecule has 0 aromatic heterocycles. The molecule has 2 atom stereocenters. The zero-order valence-corrected chi connectivity index (χ0v) is 14.0. The van der Waals surface area contributed by atoms with E-state index in [2.05, 4.69) is 29.8 Å².